The van der Waals surface area contributed by atoms with Crippen LogP contribution in [0.5, 0.6) is 0 Å². The van der Waals surface area contributed by atoms with Gasteiger partial charge in [0.15, 0.2) is 6.10 Å². The summed E-state index contributed by atoms with van der Waals surface area (Å²) in [6.07, 6.45) is -7.89. The van der Waals surface area contributed by atoms with Gasteiger partial charge in [0, 0.05) is 11.6 Å². The van der Waals surface area contributed by atoms with Crippen molar-refractivity contribution in [1.82, 2.24) is 0 Å². The van der Waals surface area contributed by atoms with Crippen molar-refractivity contribution >= 4 is 0 Å². The summed E-state index contributed by atoms with van der Waals surface area (Å²) in [6, 6.07) is 1.49. The van der Waals surface area contributed by atoms with Gasteiger partial charge >= 0.3 is 6.18 Å². The fourth-order valence-electron chi connectivity index (χ4n) is 0.900. The fraction of sp³-hybridized carbons (Fsp3) is 0.250. The molecule has 0 heterocycles. The molecule has 0 bridgehead atoms. The lowest BCUT2D eigenvalue weighted by atomic mass is 10.1. The van der Waals surface area contributed by atoms with E-state index in [-0.39, 0.29) is 6.07 Å². The molecule has 0 aliphatic rings. The molecule has 0 amide bonds. The van der Waals surface area contributed by atoms with E-state index in [1.165, 1.54) is 0 Å². The van der Waals surface area contributed by atoms with Gasteiger partial charge in [0.25, 0.3) is 0 Å². The second kappa shape index (κ2) is 3.53. The van der Waals surface area contributed by atoms with Crippen LogP contribution >= 0.6 is 0 Å². The Morgan fingerprint density at radius 1 is 1.14 bits per heavy atom. The lowest BCUT2D eigenvalue weighted by Gasteiger charge is -2.15. The zero-order valence-electron chi connectivity index (χ0n) is 6.65. The molecule has 0 spiro atoms. The average Bonchev–Trinajstić information content (AvgIpc) is 2.01. The molecule has 78 valence electrons. The van der Waals surface area contributed by atoms with E-state index in [0.29, 0.717) is 12.1 Å². The summed E-state index contributed by atoms with van der Waals surface area (Å²) >= 11 is 0. The summed E-state index contributed by atoms with van der Waals surface area (Å²) in [6.45, 7) is 0. The summed E-state index contributed by atoms with van der Waals surface area (Å²) < 4.78 is 60.8. The molecule has 0 unspecified atom stereocenters. The predicted octanol–water partition coefficient (Wildman–Crippen LogP) is 2.56. The van der Waals surface area contributed by atoms with Crippen LogP contribution in [0.4, 0.5) is 22.0 Å². The van der Waals surface area contributed by atoms with Gasteiger partial charge in [-0.15, -0.1) is 0 Å². The molecule has 0 aliphatic heterocycles. The molecular weight excluding hydrogens is 207 g/mol. The fourth-order valence-corrected chi connectivity index (χ4v) is 0.900. The van der Waals surface area contributed by atoms with Gasteiger partial charge in [-0.05, 0) is 6.07 Å². The summed E-state index contributed by atoms with van der Waals surface area (Å²) in [5.41, 5.74) is -0.987. The zero-order valence-corrected chi connectivity index (χ0v) is 6.65. The van der Waals surface area contributed by atoms with Gasteiger partial charge in [-0.2, -0.15) is 13.2 Å². The SMILES string of the molecule is O[C@@H](c1ccc(F)cc1F)C(F)(F)F. The lowest BCUT2D eigenvalue weighted by molar-refractivity contribution is -0.207. The molecule has 1 rings (SSSR count). The van der Waals surface area contributed by atoms with Crippen molar-refractivity contribution in [3.63, 3.8) is 0 Å². The maximum atomic E-state index is 12.7. The average molecular weight is 212 g/mol. The number of halogens is 5. The van der Waals surface area contributed by atoms with Crippen molar-refractivity contribution in [1.29, 1.82) is 0 Å². The van der Waals surface area contributed by atoms with Crippen LogP contribution in [0.25, 0.3) is 0 Å². The zero-order chi connectivity index (χ0) is 10.9. The number of rotatable bonds is 1. The van der Waals surface area contributed by atoms with E-state index in [4.69, 9.17) is 5.11 Å². The van der Waals surface area contributed by atoms with Crippen LogP contribution in [-0.2, 0) is 0 Å². The second-order valence-electron chi connectivity index (χ2n) is 2.61. The first kappa shape index (κ1) is 10.9. The molecule has 1 aromatic carbocycles. The highest BCUT2D eigenvalue weighted by molar-refractivity contribution is 5.21. The van der Waals surface area contributed by atoms with Gasteiger partial charge in [-0.3, -0.25) is 0 Å². The molecule has 1 nitrogen and oxygen atoms in total. The van der Waals surface area contributed by atoms with Crippen molar-refractivity contribution in [3.05, 3.63) is 35.4 Å². The molecule has 6 heteroatoms. The molecule has 1 aromatic rings. The van der Waals surface area contributed by atoms with Gasteiger partial charge in [-0.1, -0.05) is 6.07 Å². The van der Waals surface area contributed by atoms with Crippen LogP contribution in [0.2, 0.25) is 0 Å². The molecule has 0 aromatic heterocycles. The van der Waals surface area contributed by atoms with Crippen LogP contribution in [-0.4, -0.2) is 11.3 Å². The first-order valence-corrected chi connectivity index (χ1v) is 3.52. The van der Waals surface area contributed by atoms with E-state index in [2.05, 4.69) is 0 Å². The molecule has 14 heavy (non-hydrogen) atoms. The Balaban J connectivity index is 3.08. The van der Waals surface area contributed by atoms with Crippen molar-refractivity contribution in [2.45, 2.75) is 12.3 Å². The van der Waals surface area contributed by atoms with Gasteiger partial charge in [0.2, 0.25) is 0 Å². The number of aliphatic hydroxyl groups is 1. The van der Waals surface area contributed by atoms with E-state index < -0.39 is 29.5 Å². The standard InChI is InChI=1S/C8H5F5O/c9-4-1-2-5(6(10)3-4)7(14)8(11,12)13/h1-3,7,14H/t7-/m0/s1. The van der Waals surface area contributed by atoms with Crippen LogP contribution in [0, 0.1) is 11.6 Å². The molecule has 0 saturated heterocycles. The van der Waals surface area contributed by atoms with Gasteiger partial charge in [0.1, 0.15) is 11.6 Å². The molecule has 0 radical (unpaired) electrons. The van der Waals surface area contributed by atoms with Crippen LogP contribution < -0.4 is 0 Å². The van der Waals surface area contributed by atoms with E-state index in [0.717, 1.165) is 0 Å². The lowest BCUT2D eigenvalue weighted by Crippen LogP contribution is -2.21. The van der Waals surface area contributed by atoms with Gasteiger partial charge in [0.05, 0.1) is 0 Å². The molecule has 1 atom stereocenters. The third kappa shape index (κ3) is 2.20. The number of benzene rings is 1. The smallest absolute Gasteiger partial charge is 0.379 e. The van der Waals surface area contributed by atoms with Gasteiger partial charge < -0.3 is 5.11 Å². The van der Waals surface area contributed by atoms with Crippen molar-refractivity contribution in [2.75, 3.05) is 0 Å². The number of hydrogen-bond donors (Lipinski definition) is 1. The largest absolute Gasteiger partial charge is 0.418 e. The van der Waals surface area contributed by atoms with Crippen molar-refractivity contribution < 1.29 is 27.1 Å². The summed E-state index contributed by atoms with van der Waals surface area (Å²) in [5.74, 6) is -2.42. The van der Waals surface area contributed by atoms with E-state index in [1.807, 2.05) is 0 Å². The number of alkyl halides is 3. The number of aliphatic hydroxyl groups excluding tert-OH is 1. The maximum Gasteiger partial charge on any atom is 0.418 e. The monoisotopic (exact) mass is 212 g/mol. The minimum Gasteiger partial charge on any atom is -0.379 e. The number of hydrogen-bond acceptors (Lipinski definition) is 1. The Labute approximate surface area is 75.8 Å². The maximum absolute atomic E-state index is 12.7. The summed E-state index contributed by atoms with van der Waals surface area (Å²) in [4.78, 5) is 0. The third-order valence-electron chi connectivity index (χ3n) is 1.57. The molecule has 0 saturated carbocycles. The predicted molar refractivity (Wildman–Crippen MR) is 37.4 cm³/mol. The minimum absolute atomic E-state index is 0.282. The Kier molecular flexibility index (Phi) is 2.75. The van der Waals surface area contributed by atoms with E-state index in [9.17, 15) is 22.0 Å². The molecular formula is C8H5F5O. The second-order valence-corrected chi connectivity index (χ2v) is 2.61. The van der Waals surface area contributed by atoms with Crippen LogP contribution in [0.15, 0.2) is 18.2 Å². The molecule has 0 aliphatic carbocycles. The Hall–Kier alpha value is -1.17. The normalized spacial score (nSPS) is 14.1. The third-order valence-corrected chi connectivity index (χ3v) is 1.57. The highest BCUT2D eigenvalue weighted by atomic mass is 19.4. The quantitative estimate of drug-likeness (QED) is 0.709. The molecule has 1 N–H and O–H groups in total. The first-order chi connectivity index (χ1) is 6.32. The summed E-state index contributed by atoms with van der Waals surface area (Å²) in [7, 11) is 0. The summed E-state index contributed by atoms with van der Waals surface area (Å²) in [5, 5.41) is 8.64. The Bertz CT molecular complexity index is 333. The van der Waals surface area contributed by atoms with E-state index in [1.54, 1.807) is 0 Å². The van der Waals surface area contributed by atoms with E-state index >= 15 is 0 Å². The Morgan fingerprint density at radius 3 is 2.14 bits per heavy atom. The minimum atomic E-state index is -4.96. The molecule has 0 fully saturated rings. The van der Waals surface area contributed by atoms with Crippen LogP contribution in [0.3, 0.4) is 0 Å². The topological polar surface area (TPSA) is 20.2 Å². The van der Waals surface area contributed by atoms with Crippen molar-refractivity contribution in [3.8, 4) is 0 Å². The first-order valence-electron chi connectivity index (χ1n) is 3.52. The van der Waals surface area contributed by atoms with Gasteiger partial charge in [-0.25, -0.2) is 8.78 Å². The van der Waals surface area contributed by atoms with Crippen molar-refractivity contribution in [2.24, 2.45) is 0 Å². The highest BCUT2D eigenvalue weighted by Crippen LogP contribution is 2.33. The van der Waals surface area contributed by atoms with Crippen LogP contribution in [0.1, 0.15) is 11.7 Å². The Morgan fingerprint density at radius 2 is 1.71 bits per heavy atom. The highest BCUT2D eigenvalue weighted by Gasteiger charge is 2.40.